The topological polar surface area (TPSA) is 42.0 Å². The Balaban J connectivity index is 1.49. The van der Waals surface area contributed by atoms with Crippen LogP contribution in [0.3, 0.4) is 0 Å². The Bertz CT molecular complexity index is 816. The first-order chi connectivity index (χ1) is 13.7. The summed E-state index contributed by atoms with van der Waals surface area (Å²) < 4.78 is 26.2. The molecule has 0 radical (unpaired) electrons. The summed E-state index contributed by atoms with van der Waals surface area (Å²) in [6.07, 6.45) is 0.902. The number of carbonyl (C=O) groups excluding carboxylic acids is 1. The Labute approximate surface area is 164 Å². The zero-order valence-electron chi connectivity index (χ0n) is 15.9. The van der Waals surface area contributed by atoms with Crippen molar-refractivity contribution in [2.75, 3.05) is 39.4 Å². The van der Waals surface area contributed by atoms with E-state index in [1.807, 2.05) is 18.2 Å². The number of carbonyl (C=O) groups is 1. The van der Waals surface area contributed by atoms with Gasteiger partial charge in [-0.05, 0) is 24.1 Å². The van der Waals surface area contributed by atoms with E-state index in [-0.39, 0.29) is 11.5 Å². The van der Waals surface area contributed by atoms with Gasteiger partial charge in [0.05, 0.1) is 31.9 Å². The first kappa shape index (κ1) is 19.1. The lowest BCUT2D eigenvalue weighted by Gasteiger charge is -2.43. The number of rotatable bonds is 3. The maximum absolute atomic E-state index is 14.1. The molecule has 0 saturated carbocycles. The second-order valence-corrected chi connectivity index (χ2v) is 7.36. The maximum atomic E-state index is 14.1. The van der Waals surface area contributed by atoms with Crippen LogP contribution in [0, 0.1) is 5.82 Å². The van der Waals surface area contributed by atoms with Crippen molar-refractivity contribution in [3.05, 3.63) is 71.5 Å². The second-order valence-electron chi connectivity index (χ2n) is 7.36. The van der Waals surface area contributed by atoms with Crippen molar-refractivity contribution in [2.45, 2.75) is 18.8 Å². The number of morpholine rings is 1. The number of hydrogen-bond acceptors (Lipinski definition) is 4. The minimum Gasteiger partial charge on any atom is -0.347 e. The fourth-order valence-electron chi connectivity index (χ4n) is 3.91. The lowest BCUT2D eigenvalue weighted by Crippen LogP contribution is -2.59. The molecule has 2 saturated heterocycles. The first-order valence-electron chi connectivity index (χ1n) is 9.73. The molecule has 2 fully saturated rings. The Hall–Kier alpha value is -2.28. The molecule has 0 bridgehead atoms. The van der Waals surface area contributed by atoms with Crippen molar-refractivity contribution in [1.82, 2.24) is 9.80 Å². The van der Waals surface area contributed by atoms with Crippen molar-refractivity contribution in [2.24, 2.45) is 0 Å². The molecule has 2 aliphatic rings. The summed E-state index contributed by atoms with van der Waals surface area (Å²) in [6, 6.07) is 16.4. The van der Waals surface area contributed by atoms with Crippen LogP contribution < -0.4 is 0 Å². The Kier molecular flexibility index (Phi) is 5.71. The summed E-state index contributed by atoms with van der Waals surface area (Å²) in [5.74, 6) is -1.69. The Morgan fingerprint density at radius 3 is 2.54 bits per heavy atom. The highest BCUT2D eigenvalue weighted by Gasteiger charge is 2.42. The summed E-state index contributed by atoms with van der Waals surface area (Å²) in [4.78, 5) is 16.8. The van der Waals surface area contributed by atoms with Crippen molar-refractivity contribution in [3.8, 4) is 0 Å². The van der Waals surface area contributed by atoms with Crippen LogP contribution in [0.4, 0.5) is 4.39 Å². The predicted octanol–water partition coefficient (Wildman–Crippen LogP) is 2.92. The summed E-state index contributed by atoms with van der Waals surface area (Å²) in [5.41, 5.74) is 1.32. The summed E-state index contributed by atoms with van der Waals surface area (Å²) in [5, 5.41) is 0. The molecule has 2 heterocycles. The molecule has 1 amide bonds. The number of nitrogens with zero attached hydrogens (tertiary/aromatic N) is 2. The van der Waals surface area contributed by atoms with E-state index in [9.17, 15) is 9.18 Å². The van der Waals surface area contributed by atoms with E-state index >= 15 is 0 Å². The molecule has 1 atom stereocenters. The van der Waals surface area contributed by atoms with Crippen LogP contribution in [0.1, 0.15) is 22.3 Å². The van der Waals surface area contributed by atoms with Gasteiger partial charge in [-0.3, -0.25) is 9.69 Å². The fraction of sp³-hybridized carbons (Fsp3) is 0.409. The van der Waals surface area contributed by atoms with Gasteiger partial charge in [-0.15, -0.1) is 0 Å². The van der Waals surface area contributed by atoms with E-state index in [1.54, 1.807) is 17.0 Å². The van der Waals surface area contributed by atoms with Gasteiger partial charge in [-0.2, -0.15) is 0 Å². The number of hydrogen-bond donors (Lipinski definition) is 0. The number of benzene rings is 2. The number of halogens is 1. The number of ether oxygens (including phenoxy) is 2. The molecular formula is C22H25FN2O3. The highest BCUT2D eigenvalue weighted by atomic mass is 19.1. The van der Waals surface area contributed by atoms with Crippen LogP contribution in [0.5, 0.6) is 0 Å². The van der Waals surface area contributed by atoms with Crippen LogP contribution in [-0.2, 0) is 16.0 Å². The summed E-state index contributed by atoms with van der Waals surface area (Å²) >= 11 is 0. The molecule has 5 nitrogen and oxygen atoms in total. The molecule has 0 N–H and O–H groups in total. The molecule has 148 valence electrons. The third kappa shape index (κ3) is 4.24. The van der Waals surface area contributed by atoms with Crippen LogP contribution in [0.25, 0.3) is 0 Å². The minimum absolute atomic E-state index is 0.0920. The van der Waals surface area contributed by atoms with Gasteiger partial charge in [0.15, 0.2) is 5.79 Å². The van der Waals surface area contributed by atoms with E-state index < -0.39 is 11.6 Å². The van der Waals surface area contributed by atoms with Crippen LogP contribution in [0.2, 0.25) is 0 Å². The molecule has 1 unspecified atom stereocenters. The molecule has 2 aromatic rings. The Morgan fingerprint density at radius 1 is 0.964 bits per heavy atom. The van der Waals surface area contributed by atoms with Crippen molar-refractivity contribution in [3.63, 3.8) is 0 Å². The molecule has 0 aromatic heterocycles. The van der Waals surface area contributed by atoms with Gasteiger partial charge in [-0.1, -0.05) is 42.5 Å². The smallest absolute Gasteiger partial charge is 0.257 e. The monoisotopic (exact) mass is 384 g/mol. The van der Waals surface area contributed by atoms with Gasteiger partial charge in [-0.25, -0.2) is 4.39 Å². The van der Waals surface area contributed by atoms with E-state index in [4.69, 9.17) is 9.47 Å². The zero-order valence-corrected chi connectivity index (χ0v) is 15.9. The van der Waals surface area contributed by atoms with E-state index in [2.05, 4.69) is 17.0 Å². The first-order valence-corrected chi connectivity index (χ1v) is 9.73. The van der Waals surface area contributed by atoms with Crippen molar-refractivity contribution in [1.29, 1.82) is 0 Å². The lowest BCUT2D eigenvalue weighted by molar-refractivity contribution is -0.261. The van der Waals surface area contributed by atoms with E-state index in [0.29, 0.717) is 32.8 Å². The van der Waals surface area contributed by atoms with Crippen molar-refractivity contribution >= 4 is 5.91 Å². The van der Waals surface area contributed by atoms with Gasteiger partial charge in [0, 0.05) is 19.6 Å². The van der Waals surface area contributed by atoms with Crippen LogP contribution in [0.15, 0.2) is 54.6 Å². The van der Waals surface area contributed by atoms with Gasteiger partial charge < -0.3 is 14.4 Å². The molecule has 6 heteroatoms. The van der Waals surface area contributed by atoms with E-state index in [1.165, 1.54) is 17.7 Å². The van der Waals surface area contributed by atoms with E-state index in [0.717, 1.165) is 19.5 Å². The molecule has 1 spiro atoms. The average molecular weight is 384 g/mol. The van der Waals surface area contributed by atoms with Gasteiger partial charge in [0.1, 0.15) is 5.82 Å². The molecule has 0 aliphatic carbocycles. The molecule has 2 aromatic carbocycles. The molecule has 28 heavy (non-hydrogen) atoms. The molecule has 4 rings (SSSR count). The third-order valence-electron chi connectivity index (χ3n) is 5.25. The largest absolute Gasteiger partial charge is 0.347 e. The van der Waals surface area contributed by atoms with Crippen LogP contribution >= 0.6 is 0 Å². The van der Waals surface area contributed by atoms with Crippen LogP contribution in [-0.4, -0.2) is 60.9 Å². The van der Waals surface area contributed by atoms with Gasteiger partial charge in [0.2, 0.25) is 0 Å². The zero-order chi connectivity index (χ0) is 19.4. The predicted molar refractivity (Wildman–Crippen MR) is 103 cm³/mol. The van der Waals surface area contributed by atoms with Gasteiger partial charge in [0.25, 0.3) is 5.91 Å². The number of amides is 1. The standard InChI is InChI=1S/C22H25FN2O3/c23-20-10-5-4-9-19(20)21(26)25-12-14-28-22(17-25)16-24(11-6-13-27-22)15-18-7-2-1-3-8-18/h1-5,7-10H,6,11-17H2. The second kappa shape index (κ2) is 8.39. The van der Waals surface area contributed by atoms with Gasteiger partial charge >= 0.3 is 0 Å². The van der Waals surface area contributed by atoms with Crippen molar-refractivity contribution < 1.29 is 18.7 Å². The molecular weight excluding hydrogens is 359 g/mol. The fourth-order valence-corrected chi connectivity index (χ4v) is 3.91. The highest BCUT2D eigenvalue weighted by Crippen LogP contribution is 2.26. The maximum Gasteiger partial charge on any atom is 0.257 e. The third-order valence-corrected chi connectivity index (χ3v) is 5.25. The Morgan fingerprint density at radius 2 is 1.71 bits per heavy atom. The quantitative estimate of drug-likeness (QED) is 0.816. The summed E-state index contributed by atoms with van der Waals surface area (Å²) in [7, 11) is 0. The SMILES string of the molecule is O=C(c1ccccc1F)N1CCOC2(CN(Cc3ccccc3)CCCO2)C1. The molecule has 2 aliphatic heterocycles. The summed E-state index contributed by atoms with van der Waals surface area (Å²) in [6.45, 7) is 3.95. The lowest BCUT2D eigenvalue weighted by atomic mass is 10.1. The highest BCUT2D eigenvalue weighted by molar-refractivity contribution is 5.94. The minimum atomic E-state index is -0.871. The average Bonchev–Trinajstić information content (AvgIpc) is 2.90. The normalized spacial score (nSPS) is 23.5.